The highest BCUT2D eigenvalue weighted by molar-refractivity contribution is 5.28. The van der Waals surface area contributed by atoms with E-state index in [4.69, 9.17) is 9.47 Å². The summed E-state index contributed by atoms with van der Waals surface area (Å²) < 4.78 is 11.3. The Kier molecular flexibility index (Phi) is 7.63. The van der Waals surface area contributed by atoms with Gasteiger partial charge in [-0.1, -0.05) is 26.0 Å². The van der Waals surface area contributed by atoms with Gasteiger partial charge < -0.3 is 14.4 Å². The summed E-state index contributed by atoms with van der Waals surface area (Å²) in [6.07, 6.45) is 0.305. The molecule has 0 aliphatic carbocycles. The Morgan fingerprint density at radius 3 is 2.10 bits per heavy atom. The lowest BCUT2D eigenvalue weighted by Crippen LogP contribution is -2.28. The van der Waals surface area contributed by atoms with E-state index in [-0.39, 0.29) is 0 Å². The van der Waals surface area contributed by atoms with Gasteiger partial charge in [0.05, 0.1) is 12.7 Å². The lowest BCUT2D eigenvalue weighted by Gasteiger charge is -2.18. The molecule has 0 N–H and O–H groups in total. The van der Waals surface area contributed by atoms with Gasteiger partial charge in [-0.05, 0) is 44.5 Å². The van der Waals surface area contributed by atoms with Crippen LogP contribution in [0.4, 0.5) is 0 Å². The SMILES string of the molecule is CC(C)OCCN(C)CCOc1ccc(C(C)C)cc1. The Labute approximate surface area is 123 Å². The normalized spacial score (nSPS) is 11.6. The van der Waals surface area contributed by atoms with Crippen LogP contribution in [-0.2, 0) is 4.74 Å². The van der Waals surface area contributed by atoms with Gasteiger partial charge in [0, 0.05) is 13.1 Å². The van der Waals surface area contributed by atoms with Crippen molar-refractivity contribution in [2.24, 2.45) is 0 Å². The molecule has 3 nitrogen and oxygen atoms in total. The van der Waals surface area contributed by atoms with Crippen LogP contribution in [-0.4, -0.2) is 44.4 Å². The van der Waals surface area contributed by atoms with Gasteiger partial charge in [0.15, 0.2) is 0 Å². The average Bonchev–Trinajstić information content (AvgIpc) is 2.39. The first-order valence-electron chi connectivity index (χ1n) is 7.52. The van der Waals surface area contributed by atoms with Gasteiger partial charge >= 0.3 is 0 Å². The number of ether oxygens (including phenoxy) is 2. The van der Waals surface area contributed by atoms with E-state index in [0.717, 1.165) is 25.4 Å². The zero-order chi connectivity index (χ0) is 15.0. The molecule has 0 spiro atoms. The lowest BCUT2D eigenvalue weighted by molar-refractivity contribution is 0.0616. The summed E-state index contributed by atoms with van der Waals surface area (Å²) in [6.45, 7) is 11.8. The summed E-state index contributed by atoms with van der Waals surface area (Å²) in [5.74, 6) is 1.51. The van der Waals surface area contributed by atoms with Crippen molar-refractivity contribution >= 4 is 0 Å². The number of hydrogen-bond donors (Lipinski definition) is 0. The number of benzene rings is 1. The standard InChI is InChI=1S/C17H29NO2/c1-14(2)16-6-8-17(9-7-16)20-13-11-18(5)10-12-19-15(3)4/h6-9,14-15H,10-13H2,1-5H3. The second-order valence-electron chi connectivity index (χ2n) is 5.80. The molecule has 1 aromatic rings. The van der Waals surface area contributed by atoms with Crippen molar-refractivity contribution in [3.8, 4) is 5.75 Å². The number of nitrogens with zero attached hydrogens (tertiary/aromatic N) is 1. The van der Waals surface area contributed by atoms with Crippen molar-refractivity contribution in [2.45, 2.75) is 39.7 Å². The van der Waals surface area contributed by atoms with E-state index in [1.807, 2.05) is 0 Å². The Hall–Kier alpha value is -1.06. The highest BCUT2D eigenvalue weighted by Gasteiger charge is 2.02. The van der Waals surface area contributed by atoms with E-state index >= 15 is 0 Å². The minimum Gasteiger partial charge on any atom is -0.492 e. The summed E-state index contributed by atoms with van der Waals surface area (Å²) in [5, 5.41) is 0. The molecular weight excluding hydrogens is 250 g/mol. The maximum absolute atomic E-state index is 5.76. The second kappa shape index (κ2) is 8.98. The van der Waals surface area contributed by atoms with Crippen LogP contribution in [0.2, 0.25) is 0 Å². The molecule has 1 aromatic carbocycles. The molecule has 0 saturated carbocycles. The van der Waals surface area contributed by atoms with Gasteiger partial charge in [-0.25, -0.2) is 0 Å². The summed E-state index contributed by atoms with van der Waals surface area (Å²) >= 11 is 0. The molecule has 0 bridgehead atoms. The molecule has 0 amide bonds. The molecule has 0 radical (unpaired) electrons. The molecule has 0 atom stereocenters. The third-order valence-electron chi connectivity index (χ3n) is 3.21. The predicted molar refractivity (Wildman–Crippen MR) is 84.6 cm³/mol. The quantitative estimate of drug-likeness (QED) is 0.690. The van der Waals surface area contributed by atoms with E-state index in [0.29, 0.717) is 18.6 Å². The van der Waals surface area contributed by atoms with E-state index in [1.165, 1.54) is 5.56 Å². The third kappa shape index (κ3) is 6.92. The van der Waals surface area contributed by atoms with Crippen molar-refractivity contribution in [3.05, 3.63) is 29.8 Å². The van der Waals surface area contributed by atoms with Crippen molar-refractivity contribution in [1.82, 2.24) is 4.90 Å². The van der Waals surface area contributed by atoms with Crippen molar-refractivity contribution in [1.29, 1.82) is 0 Å². The van der Waals surface area contributed by atoms with Crippen LogP contribution in [0.5, 0.6) is 5.75 Å². The van der Waals surface area contributed by atoms with Crippen molar-refractivity contribution < 1.29 is 9.47 Å². The van der Waals surface area contributed by atoms with Crippen LogP contribution in [0.25, 0.3) is 0 Å². The lowest BCUT2D eigenvalue weighted by atomic mass is 10.0. The van der Waals surface area contributed by atoms with Gasteiger partial charge in [0.1, 0.15) is 12.4 Å². The van der Waals surface area contributed by atoms with Gasteiger partial charge in [0.25, 0.3) is 0 Å². The predicted octanol–water partition coefficient (Wildman–Crippen LogP) is 3.55. The number of hydrogen-bond acceptors (Lipinski definition) is 3. The third-order valence-corrected chi connectivity index (χ3v) is 3.21. The maximum atomic E-state index is 5.76. The highest BCUT2D eigenvalue weighted by atomic mass is 16.5. The van der Waals surface area contributed by atoms with E-state index in [2.05, 4.69) is 63.9 Å². The molecule has 1 rings (SSSR count). The van der Waals surface area contributed by atoms with Crippen LogP contribution in [0.1, 0.15) is 39.2 Å². The molecule has 0 aliphatic rings. The summed E-state index contributed by atoms with van der Waals surface area (Å²) in [4.78, 5) is 2.23. The minimum absolute atomic E-state index is 0.305. The zero-order valence-electron chi connectivity index (χ0n) is 13.6. The van der Waals surface area contributed by atoms with Gasteiger partial charge in [-0.15, -0.1) is 0 Å². The largest absolute Gasteiger partial charge is 0.492 e. The number of rotatable bonds is 9. The Bertz CT molecular complexity index is 360. The molecule has 0 aliphatic heterocycles. The Balaban J connectivity index is 2.19. The molecule has 114 valence electrons. The van der Waals surface area contributed by atoms with Gasteiger partial charge in [-0.2, -0.15) is 0 Å². The minimum atomic E-state index is 0.305. The fraction of sp³-hybridized carbons (Fsp3) is 0.647. The van der Waals surface area contributed by atoms with Crippen LogP contribution < -0.4 is 4.74 Å². The smallest absolute Gasteiger partial charge is 0.119 e. The summed E-state index contributed by atoms with van der Waals surface area (Å²) in [6, 6.07) is 8.38. The fourth-order valence-corrected chi connectivity index (χ4v) is 1.82. The van der Waals surface area contributed by atoms with Crippen molar-refractivity contribution in [3.63, 3.8) is 0 Å². The van der Waals surface area contributed by atoms with Gasteiger partial charge in [-0.3, -0.25) is 0 Å². The van der Waals surface area contributed by atoms with E-state index in [1.54, 1.807) is 0 Å². The number of likely N-dealkylation sites (N-methyl/N-ethyl adjacent to an activating group) is 1. The topological polar surface area (TPSA) is 21.7 Å². The van der Waals surface area contributed by atoms with E-state index < -0.39 is 0 Å². The van der Waals surface area contributed by atoms with Crippen LogP contribution in [0, 0.1) is 0 Å². The molecule has 0 aromatic heterocycles. The first kappa shape index (κ1) is 17.0. The Morgan fingerprint density at radius 2 is 1.55 bits per heavy atom. The first-order valence-corrected chi connectivity index (χ1v) is 7.52. The van der Waals surface area contributed by atoms with Crippen molar-refractivity contribution in [2.75, 3.05) is 33.4 Å². The fourth-order valence-electron chi connectivity index (χ4n) is 1.82. The van der Waals surface area contributed by atoms with Crippen LogP contribution in [0.15, 0.2) is 24.3 Å². The molecule has 20 heavy (non-hydrogen) atoms. The second-order valence-corrected chi connectivity index (χ2v) is 5.80. The molecule has 0 unspecified atom stereocenters. The molecule has 3 heteroatoms. The highest BCUT2D eigenvalue weighted by Crippen LogP contribution is 2.18. The summed E-state index contributed by atoms with van der Waals surface area (Å²) in [7, 11) is 2.09. The van der Waals surface area contributed by atoms with E-state index in [9.17, 15) is 0 Å². The molecule has 0 saturated heterocycles. The Morgan fingerprint density at radius 1 is 0.950 bits per heavy atom. The monoisotopic (exact) mass is 279 g/mol. The van der Waals surface area contributed by atoms with Crippen LogP contribution in [0.3, 0.4) is 0 Å². The van der Waals surface area contributed by atoms with Crippen LogP contribution >= 0.6 is 0 Å². The van der Waals surface area contributed by atoms with Gasteiger partial charge in [0.2, 0.25) is 0 Å². The summed E-state index contributed by atoms with van der Waals surface area (Å²) in [5.41, 5.74) is 1.35. The maximum Gasteiger partial charge on any atom is 0.119 e. The zero-order valence-corrected chi connectivity index (χ0v) is 13.6. The molecular formula is C17H29NO2. The molecule has 0 heterocycles. The average molecular weight is 279 g/mol. The molecule has 0 fully saturated rings. The first-order chi connectivity index (χ1) is 9.49.